The molecule has 2 heterocycles. The molecule has 1 atom stereocenters. The van der Waals surface area contributed by atoms with Gasteiger partial charge in [0.25, 0.3) is 0 Å². The van der Waals surface area contributed by atoms with Crippen LogP contribution in [0.25, 0.3) is 6.08 Å². The van der Waals surface area contributed by atoms with Crippen LogP contribution in [-0.4, -0.2) is 66.4 Å². The molecule has 1 fully saturated rings. The number of likely N-dealkylation sites (N-methyl/N-ethyl adjacent to an activating group) is 1. The summed E-state index contributed by atoms with van der Waals surface area (Å²) in [6.45, 7) is 2.39. The molecular weight excluding hydrogens is 304 g/mol. The molecule has 0 bridgehead atoms. The van der Waals surface area contributed by atoms with Gasteiger partial charge in [-0.2, -0.15) is 0 Å². The van der Waals surface area contributed by atoms with Gasteiger partial charge in [0.1, 0.15) is 0 Å². The minimum absolute atomic E-state index is 0.000229. The van der Waals surface area contributed by atoms with Crippen LogP contribution >= 0.6 is 0 Å². The van der Waals surface area contributed by atoms with Gasteiger partial charge < -0.3 is 10.2 Å². The smallest absolute Gasteiger partial charge is 0.244 e. The number of nitrogens with zero attached hydrogens (tertiary/aromatic N) is 3. The first-order valence-electron chi connectivity index (χ1n) is 8.40. The van der Waals surface area contributed by atoms with Crippen LogP contribution in [0.15, 0.2) is 30.5 Å². The highest BCUT2D eigenvalue weighted by molar-refractivity contribution is 5.91. The fourth-order valence-corrected chi connectivity index (χ4v) is 2.86. The number of pyridine rings is 1. The molecule has 1 saturated heterocycles. The summed E-state index contributed by atoms with van der Waals surface area (Å²) >= 11 is 0. The molecule has 130 valence electrons. The van der Waals surface area contributed by atoms with E-state index in [9.17, 15) is 9.59 Å². The third-order valence-corrected chi connectivity index (χ3v) is 4.10. The second-order valence-electron chi connectivity index (χ2n) is 6.16. The molecule has 1 aliphatic rings. The van der Waals surface area contributed by atoms with Gasteiger partial charge in [-0.1, -0.05) is 6.07 Å². The Kier molecular flexibility index (Phi) is 6.93. The molecule has 6 heteroatoms. The number of hydrogen-bond donors (Lipinski definition) is 1. The number of likely N-dealkylation sites (tertiary alicyclic amines) is 1. The fourth-order valence-electron chi connectivity index (χ4n) is 2.86. The molecule has 1 aromatic heterocycles. The zero-order valence-corrected chi connectivity index (χ0v) is 14.4. The Morgan fingerprint density at radius 1 is 1.42 bits per heavy atom. The molecule has 0 aromatic carbocycles. The van der Waals surface area contributed by atoms with Gasteiger partial charge in [0.2, 0.25) is 11.8 Å². The number of rotatable bonds is 7. The summed E-state index contributed by atoms with van der Waals surface area (Å²) < 4.78 is 0. The third-order valence-electron chi connectivity index (χ3n) is 4.10. The molecule has 1 unspecified atom stereocenters. The van der Waals surface area contributed by atoms with Crippen LogP contribution in [-0.2, 0) is 9.59 Å². The first-order valence-corrected chi connectivity index (χ1v) is 8.40. The van der Waals surface area contributed by atoms with Gasteiger partial charge in [-0.05, 0) is 44.0 Å². The molecular formula is C18H26N4O2. The van der Waals surface area contributed by atoms with Crippen molar-refractivity contribution in [3.63, 3.8) is 0 Å². The summed E-state index contributed by atoms with van der Waals surface area (Å²) in [5.74, 6) is 0.0535. The summed E-state index contributed by atoms with van der Waals surface area (Å²) in [5.41, 5.74) is 0.759. The number of nitrogens with one attached hydrogen (secondary N) is 1. The SMILES string of the molecule is CN(C)C(=O)C1CCCN1CCCNC(=O)C=Cc1ccccn1. The highest BCUT2D eigenvalue weighted by Crippen LogP contribution is 2.18. The van der Waals surface area contributed by atoms with Gasteiger partial charge in [-0.25, -0.2) is 0 Å². The lowest BCUT2D eigenvalue weighted by molar-refractivity contribution is -0.133. The molecule has 1 aromatic rings. The quantitative estimate of drug-likeness (QED) is 0.602. The van der Waals surface area contributed by atoms with Crippen LogP contribution in [0.5, 0.6) is 0 Å². The largest absolute Gasteiger partial charge is 0.353 e. The number of carbonyl (C=O) groups excluding carboxylic acids is 2. The van der Waals surface area contributed by atoms with Crippen LogP contribution in [0.4, 0.5) is 0 Å². The van der Waals surface area contributed by atoms with Crippen molar-refractivity contribution in [2.24, 2.45) is 0 Å². The summed E-state index contributed by atoms with van der Waals surface area (Å²) in [5, 5.41) is 2.87. The van der Waals surface area contributed by atoms with Crippen LogP contribution in [0.2, 0.25) is 0 Å². The standard InChI is InChI=1S/C18H26N4O2/c1-21(2)18(24)16-8-5-13-22(16)14-6-12-20-17(23)10-9-15-7-3-4-11-19-15/h3-4,7,9-11,16H,5-6,8,12-14H2,1-2H3,(H,20,23). The minimum Gasteiger partial charge on any atom is -0.353 e. The summed E-state index contributed by atoms with van der Waals surface area (Å²) in [7, 11) is 3.60. The topological polar surface area (TPSA) is 65.5 Å². The van der Waals surface area contributed by atoms with E-state index in [1.807, 2.05) is 18.2 Å². The predicted octanol–water partition coefficient (Wildman–Crippen LogP) is 1.15. The molecule has 1 aliphatic heterocycles. The second kappa shape index (κ2) is 9.17. The van der Waals surface area contributed by atoms with Gasteiger partial charge >= 0.3 is 0 Å². The number of amides is 2. The number of aromatic nitrogens is 1. The van der Waals surface area contributed by atoms with E-state index in [4.69, 9.17) is 0 Å². The Balaban J connectivity index is 1.68. The minimum atomic E-state index is -0.122. The van der Waals surface area contributed by atoms with Gasteiger partial charge in [-0.15, -0.1) is 0 Å². The van der Waals surface area contributed by atoms with Crippen molar-refractivity contribution in [3.05, 3.63) is 36.2 Å². The van der Waals surface area contributed by atoms with Crippen molar-refractivity contribution < 1.29 is 9.59 Å². The van der Waals surface area contributed by atoms with Gasteiger partial charge in [0, 0.05) is 39.5 Å². The molecule has 24 heavy (non-hydrogen) atoms. The van der Waals surface area contributed by atoms with Crippen LogP contribution < -0.4 is 5.32 Å². The molecule has 2 rings (SSSR count). The monoisotopic (exact) mass is 330 g/mol. The summed E-state index contributed by atoms with van der Waals surface area (Å²) in [4.78, 5) is 31.9. The average Bonchev–Trinajstić information content (AvgIpc) is 3.05. The van der Waals surface area contributed by atoms with Crippen molar-refractivity contribution in [2.75, 3.05) is 33.7 Å². The summed E-state index contributed by atoms with van der Waals surface area (Å²) in [6, 6.07) is 5.56. The van der Waals surface area contributed by atoms with Crippen LogP contribution in [0, 0.1) is 0 Å². The van der Waals surface area contributed by atoms with E-state index in [0.717, 1.165) is 38.0 Å². The fraction of sp³-hybridized carbons (Fsp3) is 0.500. The normalized spacial score (nSPS) is 18.0. The van der Waals surface area contributed by atoms with Gasteiger partial charge in [0.05, 0.1) is 11.7 Å². The Bertz CT molecular complexity index is 572. The third kappa shape index (κ3) is 5.45. The van der Waals surface area contributed by atoms with E-state index in [2.05, 4.69) is 15.2 Å². The van der Waals surface area contributed by atoms with Crippen molar-refractivity contribution in [1.82, 2.24) is 20.1 Å². The lowest BCUT2D eigenvalue weighted by atomic mass is 10.2. The zero-order valence-electron chi connectivity index (χ0n) is 14.4. The highest BCUT2D eigenvalue weighted by atomic mass is 16.2. The summed E-state index contributed by atoms with van der Waals surface area (Å²) in [6.07, 6.45) is 7.71. The van der Waals surface area contributed by atoms with Crippen LogP contribution in [0.1, 0.15) is 25.0 Å². The maximum Gasteiger partial charge on any atom is 0.244 e. The maximum absolute atomic E-state index is 12.1. The van der Waals surface area contributed by atoms with Gasteiger partial charge in [-0.3, -0.25) is 19.5 Å². The predicted molar refractivity (Wildman–Crippen MR) is 94.2 cm³/mol. The lowest BCUT2D eigenvalue weighted by Gasteiger charge is -2.25. The lowest BCUT2D eigenvalue weighted by Crippen LogP contribution is -2.43. The number of hydrogen-bond acceptors (Lipinski definition) is 4. The Morgan fingerprint density at radius 3 is 2.96 bits per heavy atom. The molecule has 0 radical (unpaired) electrons. The van der Waals surface area contributed by atoms with E-state index in [-0.39, 0.29) is 17.9 Å². The van der Waals surface area contributed by atoms with E-state index in [1.54, 1.807) is 31.3 Å². The van der Waals surface area contributed by atoms with E-state index in [0.29, 0.717) is 6.54 Å². The number of carbonyl (C=O) groups is 2. The molecule has 6 nitrogen and oxygen atoms in total. The first kappa shape index (κ1) is 18.1. The Labute approximate surface area is 143 Å². The van der Waals surface area contributed by atoms with Gasteiger partial charge in [0.15, 0.2) is 0 Å². The second-order valence-corrected chi connectivity index (χ2v) is 6.16. The molecule has 1 N–H and O–H groups in total. The van der Waals surface area contributed by atoms with E-state index < -0.39 is 0 Å². The Hall–Kier alpha value is -2.21. The first-order chi connectivity index (χ1) is 11.6. The molecule has 0 spiro atoms. The van der Waals surface area contributed by atoms with Crippen molar-refractivity contribution in [2.45, 2.75) is 25.3 Å². The van der Waals surface area contributed by atoms with Crippen LogP contribution in [0.3, 0.4) is 0 Å². The van der Waals surface area contributed by atoms with Crippen molar-refractivity contribution >= 4 is 17.9 Å². The molecule has 0 saturated carbocycles. The molecule has 0 aliphatic carbocycles. The maximum atomic E-state index is 12.1. The average molecular weight is 330 g/mol. The van der Waals surface area contributed by atoms with Crippen molar-refractivity contribution in [3.8, 4) is 0 Å². The van der Waals surface area contributed by atoms with E-state index in [1.165, 1.54) is 6.08 Å². The molecule has 2 amide bonds. The highest BCUT2D eigenvalue weighted by Gasteiger charge is 2.30. The van der Waals surface area contributed by atoms with E-state index >= 15 is 0 Å². The Morgan fingerprint density at radius 2 is 2.25 bits per heavy atom. The van der Waals surface area contributed by atoms with Crippen molar-refractivity contribution in [1.29, 1.82) is 0 Å². The zero-order chi connectivity index (χ0) is 17.4.